The molecule has 11 nitrogen and oxygen atoms in total. The Balaban J connectivity index is 4.62. The van der Waals surface area contributed by atoms with Crippen molar-refractivity contribution in [1.82, 2.24) is 25.3 Å². The lowest BCUT2D eigenvalue weighted by Crippen LogP contribution is -2.40. The zero-order chi connectivity index (χ0) is 43.8. The van der Waals surface area contributed by atoms with Crippen molar-refractivity contribution in [3.63, 3.8) is 0 Å². The van der Waals surface area contributed by atoms with Gasteiger partial charge in [0, 0.05) is 78.3 Å². The molecule has 0 bridgehead atoms. The summed E-state index contributed by atoms with van der Waals surface area (Å²) >= 11 is 0. The van der Waals surface area contributed by atoms with Gasteiger partial charge in [0.25, 0.3) is 0 Å². The second kappa shape index (κ2) is 42.0. The summed E-state index contributed by atoms with van der Waals surface area (Å²) in [6.45, 7) is 17.3. The highest BCUT2D eigenvalue weighted by atomic mass is 16.3. The van der Waals surface area contributed by atoms with Crippen molar-refractivity contribution in [2.45, 2.75) is 226 Å². The summed E-state index contributed by atoms with van der Waals surface area (Å²) in [7, 11) is 0. The smallest absolute Gasteiger partial charge is 0.221 e. The molecule has 0 fully saturated rings. The number of carbonyl (C=O) groups is 2. The Morgan fingerprint density at radius 2 is 0.746 bits per heavy atom. The second-order valence-electron chi connectivity index (χ2n) is 17.7. The molecule has 0 spiro atoms. The molecule has 0 heterocycles. The molecule has 0 saturated carbocycles. The zero-order valence-electron chi connectivity index (χ0n) is 39.4. The van der Waals surface area contributed by atoms with Gasteiger partial charge in [-0.05, 0) is 52.0 Å². The zero-order valence-corrected chi connectivity index (χ0v) is 39.4. The molecule has 0 aliphatic rings. The molecule has 4 unspecified atom stereocenters. The Bertz CT molecular complexity index is 906. The monoisotopic (exact) mass is 842 g/mol. The molecule has 11 heteroatoms. The van der Waals surface area contributed by atoms with E-state index < -0.39 is 24.4 Å². The predicted molar refractivity (Wildman–Crippen MR) is 248 cm³/mol. The van der Waals surface area contributed by atoms with E-state index in [9.17, 15) is 30.0 Å². The Morgan fingerprint density at radius 1 is 0.407 bits per heavy atom. The van der Waals surface area contributed by atoms with Crippen LogP contribution in [0, 0.1) is 0 Å². The predicted octanol–water partition coefficient (Wildman–Crippen LogP) is 7.81. The molecule has 0 aliphatic carbocycles. The van der Waals surface area contributed by atoms with E-state index in [4.69, 9.17) is 0 Å². The van der Waals surface area contributed by atoms with Gasteiger partial charge in [0.2, 0.25) is 11.8 Å². The summed E-state index contributed by atoms with van der Waals surface area (Å²) in [6, 6.07) is 0. The van der Waals surface area contributed by atoms with Crippen LogP contribution in [-0.2, 0) is 9.59 Å². The lowest BCUT2D eigenvalue weighted by Gasteiger charge is -2.27. The van der Waals surface area contributed by atoms with Gasteiger partial charge in [-0.1, -0.05) is 143 Å². The van der Waals surface area contributed by atoms with Crippen molar-refractivity contribution in [3.05, 3.63) is 0 Å². The molecular weight excluding hydrogens is 743 g/mol. The molecule has 0 radical (unpaired) electrons. The first kappa shape index (κ1) is 57.7. The maximum absolute atomic E-state index is 12.8. The van der Waals surface area contributed by atoms with Crippen molar-refractivity contribution in [2.24, 2.45) is 0 Å². The Hall–Kier alpha value is -1.34. The van der Waals surface area contributed by atoms with Crippen LogP contribution in [0.25, 0.3) is 0 Å². The van der Waals surface area contributed by atoms with Crippen LogP contribution in [0.1, 0.15) is 202 Å². The molecule has 0 aliphatic heterocycles. The fourth-order valence-electron chi connectivity index (χ4n) is 7.95. The van der Waals surface area contributed by atoms with Gasteiger partial charge in [-0.3, -0.25) is 19.4 Å². The molecule has 0 aromatic carbocycles. The highest BCUT2D eigenvalue weighted by Gasteiger charge is 2.17. The molecule has 4 atom stereocenters. The topological polar surface area (TPSA) is 149 Å². The number of hydrogen-bond acceptors (Lipinski definition) is 9. The maximum atomic E-state index is 12.8. The van der Waals surface area contributed by atoms with Crippen LogP contribution in [0.2, 0.25) is 0 Å². The van der Waals surface area contributed by atoms with Crippen molar-refractivity contribution in [3.8, 4) is 0 Å². The van der Waals surface area contributed by atoms with E-state index in [0.717, 1.165) is 90.1 Å². The van der Waals surface area contributed by atoms with Crippen molar-refractivity contribution < 1.29 is 30.0 Å². The molecule has 0 aromatic rings. The standard InChI is InChI=1S/C48H99N5O6/c1-6-10-13-16-19-22-27-44(55)40-52(39-43(5)54)35-25-32-49-47(58)30-37-51(34-9-4)38-31-48(59)50-33-26-36-53(41-45(56)28-23-20-17-14-11-7-2)42-46(57)29-24-21-18-15-12-8-3/h43-46,54-57H,6-42H2,1-5H3,(H,49,58)(H,50,59). The van der Waals surface area contributed by atoms with Crippen molar-refractivity contribution in [1.29, 1.82) is 0 Å². The van der Waals surface area contributed by atoms with E-state index in [0.29, 0.717) is 71.7 Å². The summed E-state index contributed by atoms with van der Waals surface area (Å²) in [5.74, 6) is 0.00615. The normalized spacial score (nSPS) is 14.0. The first-order valence-electron chi connectivity index (χ1n) is 25.0. The van der Waals surface area contributed by atoms with Crippen LogP contribution in [-0.4, -0.2) is 143 Å². The summed E-state index contributed by atoms with van der Waals surface area (Å²) in [6.07, 6.45) is 25.5. The third-order valence-electron chi connectivity index (χ3n) is 11.4. The molecule has 6 N–H and O–H groups in total. The van der Waals surface area contributed by atoms with Gasteiger partial charge in [-0.15, -0.1) is 0 Å². The number of nitrogens with one attached hydrogen (secondary N) is 2. The van der Waals surface area contributed by atoms with Crippen LogP contribution in [0.3, 0.4) is 0 Å². The molecule has 59 heavy (non-hydrogen) atoms. The van der Waals surface area contributed by atoms with Crippen LogP contribution in [0.4, 0.5) is 0 Å². The summed E-state index contributed by atoms with van der Waals surface area (Å²) in [5, 5.41) is 48.4. The molecule has 0 aromatic heterocycles. The number of nitrogens with zero attached hydrogens (tertiary/aromatic N) is 3. The first-order chi connectivity index (χ1) is 28.5. The van der Waals surface area contributed by atoms with Crippen LogP contribution in [0.5, 0.6) is 0 Å². The second-order valence-corrected chi connectivity index (χ2v) is 17.7. The quantitative estimate of drug-likeness (QED) is 0.0338. The highest BCUT2D eigenvalue weighted by Crippen LogP contribution is 2.13. The van der Waals surface area contributed by atoms with E-state index in [1.54, 1.807) is 6.92 Å². The van der Waals surface area contributed by atoms with Crippen molar-refractivity contribution in [2.75, 3.05) is 72.0 Å². The number of hydrogen-bond donors (Lipinski definition) is 6. The number of rotatable bonds is 45. The fraction of sp³-hybridized carbons (Fsp3) is 0.958. The fourth-order valence-corrected chi connectivity index (χ4v) is 7.95. The van der Waals surface area contributed by atoms with Gasteiger partial charge in [-0.25, -0.2) is 0 Å². The van der Waals surface area contributed by atoms with Gasteiger partial charge < -0.3 is 36.0 Å². The van der Waals surface area contributed by atoms with Crippen LogP contribution < -0.4 is 10.6 Å². The minimum Gasteiger partial charge on any atom is -0.392 e. The van der Waals surface area contributed by atoms with Crippen molar-refractivity contribution >= 4 is 11.8 Å². The van der Waals surface area contributed by atoms with Gasteiger partial charge in [0.1, 0.15) is 0 Å². The van der Waals surface area contributed by atoms with Gasteiger partial charge in [0.15, 0.2) is 0 Å². The summed E-state index contributed by atoms with van der Waals surface area (Å²) in [4.78, 5) is 32.0. The lowest BCUT2D eigenvalue weighted by atomic mass is 10.1. The molecule has 352 valence electrons. The Kier molecular flexibility index (Phi) is 41.0. The number of amides is 2. The number of carbonyl (C=O) groups excluding carboxylic acids is 2. The van der Waals surface area contributed by atoms with E-state index >= 15 is 0 Å². The average molecular weight is 842 g/mol. The molecule has 2 amide bonds. The molecule has 0 rings (SSSR count). The van der Waals surface area contributed by atoms with Crippen LogP contribution >= 0.6 is 0 Å². The Labute approximate surface area is 364 Å². The number of aliphatic hydroxyl groups is 4. The highest BCUT2D eigenvalue weighted by molar-refractivity contribution is 5.76. The molecule has 0 saturated heterocycles. The van der Waals surface area contributed by atoms with E-state index in [2.05, 4.69) is 53.0 Å². The third-order valence-corrected chi connectivity index (χ3v) is 11.4. The largest absolute Gasteiger partial charge is 0.392 e. The van der Waals surface area contributed by atoms with E-state index in [-0.39, 0.29) is 11.8 Å². The minimum atomic E-state index is -0.475. The third kappa shape index (κ3) is 39.3. The van der Waals surface area contributed by atoms with Gasteiger partial charge in [-0.2, -0.15) is 0 Å². The van der Waals surface area contributed by atoms with Gasteiger partial charge in [0.05, 0.1) is 24.4 Å². The van der Waals surface area contributed by atoms with E-state index in [1.165, 1.54) is 77.0 Å². The average Bonchev–Trinajstić information content (AvgIpc) is 3.19. The maximum Gasteiger partial charge on any atom is 0.221 e. The number of unbranched alkanes of at least 4 members (excludes halogenated alkanes) is 15. The summed E-state index contributed by atoms with van der Waals surface area (Å²) in [5.41, 5.74) is 0. The number of aliphatic hydroxyl groups excluding tert-OH is 4. The van der Waals surface area contributed by atoms with Gasteiger partial charge >= 0.3 is 0 Å². The SMILES string of the molecule is CCCCCCCCC(O)CN(CCCNC(=O)CCN(CCC)CCC(=O)NCCCN(CC(O)CCCCCCCC)CC(O)CCCCCCCC)CC(C)O. The Morgan fingerprint density at radius 3 is 1.08 bits per heavy atom. The van der Waals surface area contributed by atoms with Crippen LogP contribution in [0.15, 0.2) is 0 Å². The van der Waals surface area contributed by atoms with E-state index in [1.807, 2.05) is 0 Å². The lowest BCUT2D eigenvalue weighted by molar-refractivity contribution is -0.121. The molecular formula is C48H99N5O6. The summed E-state index contributed by atoms with van der Waals surface area (Å²) < 4.78 is 0. The minimum absolute atomic E-state index is 0.000484. The first-order valence-corrected chi connectivity index (χ1v) is 25.0.